The maximum absolute atomic E-state index is 5.64. The Morgan fingerprint density at radius 2 is 2.20 bits per heavy atom. The van der Waals surface area contributed by atoms with Crippen LogP contribution in [0.4, 0.5) is 5.69 Å². The lowest BCUT2D eigenvalue weighted by molar-refractivity contribution is 0.268. The monoisotopic (exact) mass is 208 g/mol. The van der Waals surface area contributed by atoms with Crippen LogP contribution in [0, 0.1) is 0 Å². The molecule has 0 aromatic heterocycles. The summed E-state index contributed by atoms with van der Waals surface area (Å²) in [6.45, 7) is 5.05. The Morgan fingerprint density at radius 3 is 2.87 bits per heavy atom. The summed E-state index contributed by atoms with van der Waals surface area (Å²) in [6.07, 6.45) is 1.04. The molecule has 0 unspecified atom stereocenters. The molecule has 2 N–H and O–H groups in total. The summed E-state index contributed by atoms with van der Waals surface area (Å²) in [7, 11) is 2.11. The van der Waals surface area contributed by atoms with E-state index in [2.05, 4.69) is 18.9 Å². The van der Waals surface area contributed by atoms with Crippen LogP contribution in [-0.2, 0) is 0 Å². The molecule has 0 amide bonds. The molecule has 0 spiro atoms. The quantitative estimate of drug-likeness (QED) is 0.574. The predicted molar refractivity (Wildman–Crippen MR) is 64.1 cm³/mol. The number of nitrogen functional groups attached to an aromatic ring is 1. The van der Waals surface area contributed by atoms with Crippen molar-refractivity contribution < 1.29 is 4.74 Å². The third-order valence-corrected chi connectivity index (χ3v) is 2.35. The average molecular weight is 208 g/mol. The molecule has 0 fully saturated rings. The lowest BCUT2D eigenvalue weighted by atomic mass is 10.3. The molecule has 0 aliphatic carbocycles. The molecule has 3 heteroatoms. The van der Waals surface area contributed by atoms with Crippen molar-refractivity contribution in [3.8, 4) is 5.75 Å². The lowest BCUT2D eigenvalue weighted by Gasteiger charge is -2.13. The number of hydrogen-bond acceptors (Lipinski definition) is 3. The van der Waals surface area contributed by atoms with E-state index in [1.54, 1.807) is 0 Å². The molecule has 0 aliphatic rings. The molecule has 3 nitrogen and oxygen atoms in total. The molecule has 15 heavy (non-hydrogen) atoms. The normalized spacial score (nSPS) is 10.6. The highest BCUT2D eigenvalue weighted by atomic mass is 16.5. The number of anilines is 1. The first-order valence-corrected chi connectivity index (χ1v) is 5.39. The first-order chi connectivity index (χ1) is 7.22. The number of hydrogen-bond donors (Lipinski definition) is 1. The number of nitrogens with two attached hydrogens (primary N) is 1. The summed E-state index contributed by atoms with van der Waals surface area (Å²) in [5.74, 6) is 0.856. The molecule has 1 rings (SSSR count). The van der Waals surface area contributed by atoms with Gasteiger partial charge in [-0.15, -0.1) is 0 Å². The van der Waals surface area contributed by atoms with Crippen molar-refractivity contribution in [1.82, 2.24) is 4.90 Å². The minimum atomic E-state index is 0.744. The van der Waals surface area contributed by atoms with Gasteiger partial charge in [0.25, 0.3) is 0 Å². The van der Waals surface area contributed by atoms with Crippen molar-refractivity contribution >= 4 is 5.69 Å². The first-order valence-electron chi connectivity index (χ1n) is 5.39. The molecular formula is C12H20N2O. The second-order valence-electron chi connectivity index (χ2n) is 3.67. The van der Waals surface area contributed by atoms with E-state index in [0.29, 0.717) is 0 Å². The number of ether oxygens (including phenoxy) is 1. The van der Waals surface area contributed by atoms with Crippen molar-refractivity contribution in [3.63, 3.8) is 0 Å². The van der Waals surface area contributed by atoms with Crippen LogP contribution in [0.25, 0.3) is 0 Å². The summed E-state index contributed by atoms with van der Waals surface area (Å²) < 4.78 is 5.58. The number of rotatable bonds is 6. The van der Waals surface area contributed by atoms with Crippen LogP contribution in [0.3, 0.4) is 0 Å². The highest BCUT2D eigenvalue weighted by Crippen LogP contribution is 2.14. The van der Waals surface area contributed by atoms with E-state index < -0.39 is 0 Å². The maximum atomic E-state index is 5.64. The van der Waals surface area contributed by atoms with E-state index in [0.717, 1.165) is 37.6 Å². The van der Waals surface area contributed by atoms with Crippen LogP contribution in [-0.4, -0.2) is 31.6 Å². The predicted octanol–water partition coefficient (Wildman–Crippen LogP) is 1.99. The molecule has 0 atom stereocenters. The van der Waals surface area contributed by atoms with Gasteiger partial charge < -0.3 is 15.4 Å². The molecule has 1 aromatic carbocycles. The van der Waals surface area contributed by atoms with Gasteiger partial charge in [0, 0.05) is 18.3 Å². The summed E-state index contributed by atoms with van der Waals surface area (Å²) in [4.78, 5) is 2.27. The molecule has 0 bridgehead atoms. The van der Waals surface area contributed by atoms with E-state index in [1.165, 1.54) is 0 Å². The topological polar surface area (TPSA) is 38.5 Å². The zero-order valence-electron chi connectivity index (χ0n) is 9.57. The van der Waals surface area contributed by atoms with Gasteiger partial charge in [0.15, 0.2) is 0 Å². The summed E-state index contributed by atoms with van der Waals surface area (Å²) >= 11 is 0. The Balaban J connectivity index is 2.20. The summed E-state index contributed by atoms with van der Waals surface area (Å²) in [6, 6.07) is 7.55. The second kappa shape index (κ2) is 6.30. The van der Waals surface area contributed by atoms with Crippen LogP contribution in [0.15, 0.2) is 24.3 Å². The molecule has 0 saturated heterocycles. The van der Waals surface area contributed by atoms with Crippen LogP contribution in [0.5, 0.6) is 5.75 Å². The van der Waals surface area contributed by atoms with Crippen molar-refractivity contribution in [2.75, 3.05) is 32.5 Å². The van der Waals surface area contributed by atoms with Crippen LogP contribution in [0.1, 0.15) is 13.3 Å². The van der Waals surface area contributed by atoms with Crippen LogP contribution in [0.2, 0.25) is 0 Å². The fourth-order valence-electron chi connectivity index (χ4n) is 1.29. The molecule has 0 radical (unpaired) electrons. The van der Waals surface area contributed by atoms with Gasteiger partial charge in [-0.3, -0.25) is 0 Å². The van der Waals surface area contributed by atoms with Gasteiger partial charge in [0.2, 0.25) is 0 Å². The Kier molecular flexibility index (Phi) is 4.98. The minimum Gasteiger partial charge on any atom is -0.493 e. The lowest BCUT2D eigenvalue weighted by Crippen LogP contribution is -2.20. The fraction of sp³-hybridized carbons (Fsp3) is 0.500. The Bertz CT molecular complexity index is 289. The van der Waals surface area contributed by atoms with Crippen molar-refractivity contribution in [1.29, 1.82) is 0 Å². The van der Waals surface area contributed by atoms with E-state index in [4.69, 9.17) is 10.5 Å². The SMILES string of the molecule is CCN(C)CCCOc1cccc(N)c1. The molecule has 84 valence electrons. The number of nitrogens with zero attached hydrogens (tertiary/aromatic N) is 1. The number of benzene rings is 1. The standard InChI is InChI=1S/C12H20N2O/c1-3-14(2)8-5-9-15-12-7-4-6-11(13)10-12/h4,6-7,10H,3,5,8-9,13H2,1-2H3. The molecule has 0 heterocycles. The smallest absolute Gasteiger partial charge is 0.121 e. The van der Waals surface area contributed by atoms with Gasteiger partial charge in [-0.1, -0.05) is 13.0 Å². The van der Waals surface area contributed by atoms with Crippen molar-refractivity contribution in [2.24, 2.45) is 0 Å². The van der Waals surface area contributed by atoms with Gasteiger partial charge in [-0.25, -0.2) is 0 Å². The molecule has 1 aromatic rings. The molecular weight excluding hydrogens is 188 g/mol. The highest BCUT2D eigenvalue weighted by molar-refractivity contribution is 5.43. The third-order valence-electron chi connectivity index (χ3n) is 2.35. The van der Waals surface area contributed by atoms with Crippen LogP contribution < -0.4 is 10.5 Å². The average Bonchev–Trinajstić information content (AvgIpc) is 2.24. The van der Waals surface area contributed by atoms with Gasteiger partial charge in [-0.2, -0.15) is 0 Å². The van der Waals surface area contributed by atoms with Gasteiger partial charge in [0.1, 0.15) is 5.75 Å². The zero-order valence-corrected chi connectivity index (χ0v) is 9.57. The van der Waals surface area contributed by atoms with Crippen LogP contribution >= 0.6 is 0 Å². The van der Waals surface area contributed by atoms with E-state index >= 15 is 0 Å². The zero-order chi connectivity index (χ0) is 11.1. The summed E-state index contributed by atoms with van der Waals surface area (Å²) in [5.41, 5.74) is 6.39. The van der Waals surface area contributed by atoms with Crippen molar-refractivity contribution in [2.45, 2.75) is 13.3 Å². The van der Waals surface area contributed by atoms with Gasteiger partial charge in [-0.05, 0) is 32.1 Å². The Hall–Kier alpha value is -1.22. The Morgan fingerprint density at radius 1 is 1.40 bits per heavy atom. The van der Waals surface area contributed by atoms with E-state index in [9.17, 15) is 0 Å². The second-order valence-corrected chi connectivity index (χ2v) is 3.67. The first kappa shape index (κ1) is 11.9. The maximum Gasteiger partial charge on any atom is 0.121 e. The van der Waals surface area contributed by atoms with Gasteiger partial charge >= 0.3 is 0 Å². The minimum absolute atomic E-state index is 0.744. The van der Waals surface area contributed by atoms with E-state index in [1.807, 2.05) is 24.3 Å². The van der Waals surface area contributed by atoms with Crippen molar-refractivity contribution in [3.05, 3.63) is 24.3 Å². The summed E-state index contributed by atoms with van der Waals surface area (Å²) in [5, 5.41) is 0. The van der Waals surface area contributed by atoms with E-state index in [-0.39, 0.29) is 0 Å². The third kappa shape index (κ3) is 4.70. The fourth-order valence-corrected chi connectivity index (χ4v) is 1.29. The largest absolute Gasteiger partial charge is 0.493 e. The highest BCUT2D eigenvalue weighted by Gasteiger charge is 1.96. The Labute approximate surface area is 91.8 Å². The molecule has 0 aliphatic heterocycles. The molecule has 0 saturated carbocycles. The van der Waals surface area contributed by atoms with Gasteiger partial charge in [0.05, 0.1) is 6.61 Å².